The van der Waals surface area contributed by atoms with E-state index in [1.165, 1.54) is 0 Å². The van der Waals surface area contributed by atoms with Crippen molar-refractivity contribution in [2.24, 2.45) is 0 Å². The first-order valence-corrected chi connectivity index (χ1v) is 5.65. The Morgan fingerprint density at radius 3 is 2.82 bits per heavy atom. The molecule has 0 spiro atoms. The van der Waals surface area contributed by atoms with Gasteiger partial charge in [0.2, 0.25) is 0 Å². The number of aliphatic hydroxyl groups excluding tert-OH is 1. The molecule has 1 aromatic rings. The largest absolute Gasteiger partial charge is 0.493 e. The van der Waals surface area contributed by atoms with Crippen molar-refractivity contribution in [1.82, 2.24) is 0 Å². The number of rotatable bonds is 6. The van der Waals surface area contributed by atoms with Crippen LogP contribution < -0.4 is 4.74 Å². The van der Waals surface area contributed by atoms with Crippen molar-refractivity contribution >= 4 is 17.6 Å². The Morgan fingerprint density at radius 1 is 1.53 bits per heavy atom. The van der Waals surface area contributed by atoms with Crippen LogP contribution in [0.1, 0.15) is 18.4 Å². The summed E-state index contributed by atoms with van der Waals surface area (Å²) in [6.45, 7) is 2.14. The van der Waals surface area contributed by atoms with Gasteiger partial charge in [-0.05, 0) is 30.7 Å². The number of carboxylic acid groups (broad SMARTS) is 1. The summed E-state index contributed by atoms with van der Waals surface area (Å²) < 4.78 is 5.38. The highest BCUT2D eigenvalue weighted by Gasteiger charge is 2.09. The molecule has 0 fully saturated rings. The number of halogens is 1. The number of hydrogen-bond acceptors (Lipinski definition) is 3. The van der Waals surface area contributed by atoms with Crippen LogP contribution in [-0.4, -0.2) is 28.9 Å². The lowest BCUT2D eigenvalue weighted by molar-refractivity contribution is -0.139. The van der Waals surface area contributed by atoms with Crippen molar-refractivity contribution in [1.29, 1.82) is 0 Å². The van der Waals surface area contributed by atoms with Gasteiger partial charge in [-0.3, -0.25) is 4.79 Å². The van der Waals surface area contributed by atoms with Crippen LogP contribution in [-0.2, 0) is 4.79 Å². The highest BCUT2D eigenvalue weighted by molar-refractivity contribution is 6.31. The van der Waals surface area contributed by atoms with Gasteiger partial charge in [-0.1, -0.05) is 11.6 Å². The Morgan fingerprint density at radius 2 is 2.24 bits per heavy atom. The summed E-state index contributed by atoms with van der Waals surface area (Å²) in [5.41, 5.74) is 0.912. The molecule has 0 saturated heterocycles. The smallest absolute Gasteiger partial charge is 0.305 e. The van der Waals surface area contributed by atoms with Crippen molar-refractivity contribution in [2.45, 2.75) is 25.9 Å². The van der Waals surface area contributed by atoms with Crippen molar-refractivity contribution in [3.63, 3.8) is 0 Å². The van der Waals surface area contributed by atoms with Gasteiger partial charge >= 0.3 is 5.97 Å². The van der Waals surface area contributed by atoms with Crippen LogP contribution in [0.2, 0.25) is 5.02 Å². The summed E-state index contributed by atoms with van der Waals surface area (Å²) in [7, 11) is 0. The van der Waals surface area contributed by atoms with Gasteiger partial charge in [0.1, 0.15) is 5.75 Å². The second-order valence-electron chi connectivity index (χ2n) is 3.80. The molecule has 17 heavy (non-hydrogen) atoms. The van der Waals surface area contributed by atoms with Crippen LogP contribution in [0.5, 0.6) is 5.75 Å². The number of hydrogen-bond donors (Lipinski definition) is 2. The fraction of sp³-hybridized carbons (Fsp3) is 0.417. The molecule has 2 N–H and O–H groups in total. The fourth-order valence-electron chi connectivity index (χ4n) is 1.32. The Kier molecular flexibility index (Phi) is 5.25. The molecule has 0 bridgehead atoms. The molecule has 5 heteroatoms. The lowest BCUT2D eigenvalue weighted by Gasteiger charge is -2.10. The summed E-state index contributed by atoms with van der Waals surface area (Å²) in [5, 5.41) is 18.4. The number of aryl methyl sites for hydroxylation is 1. The summed E-state index contributed by atoms with van der Waals surface area (Å²) in [6, 6.07) is 5.27. The molecule has 1 rings (SSSR count). The summed E-state index contributed by atoms with van der Waals surface area (Å²) in [5.74, 6) is -0.353. The lowest BCUT2D eigenvalue weighted by Crippen LogP contribution is -2.16. The molecular formula is C12H15ClO4. The third kappa shape index (κ3) is 5.06. The van der Waals surface area contributed by atoms with E-state index in [4.69, 9.17) is 21.4 Å². The minimum atomic E-state index is -1.01. The van der Waals surface area contributed by atoms with E-state index in [0.717, 1.165) is 5.56 Å². The number of carbonyl (C=O) groups is 1. The molecule has 0 aliphatic heterocycles. The number of benzene rings is 1. The average Bonchev–Trinajstić information content (AvgIpc) is 2.22. The minimum Gasteiger partial charge on any atom is -0.493 e. The van der Waals surface area contributed by atoms with Crippen LogP contribution >= 0.6 is 11.6 Å². The van der Waals surface area contributed by atoms with Gasteiger partial charge in [0.25, 0.3) is 0 Å². The quantitative estimate of drug-likeness (QED) is 0.821. The standard InChI is InChI=1S/C12H15ClO4/c1-8-6-10(2-3-11(8)13)17-5-4-9(14)7-12(15)16/h2-3,6,9,14H,4-5,7H2,1H3,(H,15,16). The Labute approximate surface area is 105 Å². The third-order valence-electron chi connectivity index (χ3n) is 2.26. The van der Waals surface area contributed by atoms with Crippen molar-refractivity contribution < 1.29 is 19.7 Å². The molecule has 0 saturated carbocycles. The van der Waals surface area contributed by atoms with E-state index < -0.39 is 12.1 Å². The summed E-state index contributed by atoms with van der Waals surface area (Å²) in [6.07, 6.45) is -0.849. The van der Waals surface area contributed by atoms with E-state index in [0.29, 0.717) is 10.8 Å². The topological polar surface area (TPSA) is 66.8 Å². The van der Waals surface area contributed by atoms with E-state index in [2.05, 4.69) is 0 Å². The van der Waals surface area contributed by atoms with Crippen molar-refractivity contribution in [3.8, 4) is 5.75 Å². The van der Waals surface area contributed by atoms with Gasteiger partial charge in [-0.25, -0.2) is 0 Å². The first-order valence-electron chi connectivity index (χ1n) is 5.28. The fourth-order valence-corrected chi connectivity index (χ4v) is 1.44. The Bertz CT molecular complexity index is 392. The van der Waals surface area contributed by atoms with Gasteiger partial charge in [0, 0.05) is 11.4 Å². The lowest BCUT2D eigenvalue weighted by atomic mass is 10.2. The van der Waals surface area contributed by atoms with Crippen LogP contribution in [0.3, 0.4) is 0 Å². The second-order valence-corrected chi connectivity index (χ2v) is 4.21. The van der Waals surface area contributed by atoms with E-state index in [9.17, 15) is 9.90 Å². The Hall–Kier alpha value is -1.26. The first kappa shape index (κ1) is 13.8. The zero-order chi connectivity index (χ0) is 12.8. The van der Waals surface area contributed by atoms with Crippen LogP contribution in [0.15, 0.2) is 18.2 Å². The maximum atomic E-state index is 10.3. The highest BCUT2D eigenvalue weighted by atomic mass is 35.5. The number of aliphatic carboxylic acids is 1. The van der Waals surface area contributed by atoms with Crippen LogP contribution in [0.25, 0.3) is 0 Å². The maximum absolute atomic E-state index is 10.3. The highest BCUT2D eigenvalue weighted by Crippen LogP contribution is 2.21. The zero-order valence-corrected chi connectivity index (χ0v) is 10.3. The molecule has 1 aromatic carbocycles. The molecular weight excluding hydrogens is 244 g/mol. The van der Waals surface area contributed by atoms with Crippen molar-refractivity contribution in [2.75, 3.05) is 6.61 Å². The predicted octanol–water partition coefficient (Wildman–Crippen LogP) is 2.25. The molecule has 0 aliphatic carbocycles. The number of aliphatic hydroxyl groups is 1. The maximum Gasteiger partial charge on any atom is 0.305 e. The van der Waals surface area contributed by atoms with Gasteiger partial charge < -0.3 is 14.9 Å². The number of ether oxygens (including phenoxy) is 1. The van der Waals surface area contributed by atoms with Crippen LogP contribution in [0.4, 0.5) is 0 Å². The molecule has 0 radical (unpaired) electrons. The summed E-state index contributed by atoms with van der Waals surface area (Å²) >= 11 is 5.86. The molecule has 0 aromatic heterocycles. The van der Waals surface area contributed by atoms with Gasteiger partial charge in [0.15, 0.2) is 0 Å². The van der Waals surface area contributed by atoms with Gasteiger partial charge in [-0.2, -0.15) is 0 Å². The molecule has 4 nitrogen and oxygen atoms in total. The molecule has 0 aliphatic rings. The third-order valence-corrected chi connectivity index (χ3v) is 2.68. The van der Waals surface area contributed by atoms with Crippen LogP contribution in [0, 0.1) is 6.92 Å². The zero-order valence-electron chi connectivity index (χ0n) is 9.52. The minimum absolute atomic E-state index is 0.261. The SMILES string of the molecule is Cc1cc(OCCC(O)CC(=O)O)ccc1Cl. The second kappa shape index (κ2) is 6.47. The monoisotopic (exact) mass is 258 g/mol. The predicted molar refractivity (Wildman–Crippen MR) is 64.6 cm³/mol. The van der Waals surface area contributed by atoms with Gasteiger partial charge in [0.05, 0.1) is 19.1 Å². The van der Waals surface area contributed by atoms with E-state index >= 15 is 0 Å². The molecule has 1 atom stereocenters. The molecule has 0 amide bonds. The Balaban J connectivity index is 2.35. The summed E-state index contributed by atoms with van der Waals surface area (Å²) in [4.78, 5) is 10.3. The normalized spacial score (nSPS) is 12.2. The van der Waals surface area contributed by atoms with Gasteiger partial charge in [-0.15, -0.1) is 0 Å². The average molecular weight is 259 g/mol. The van der Waals surface area contributed by atoms with E-state index in [1.54, 1.807) is 18.2 Å². The number of carboxylic acids is 1. The molecule has 0 heterocycles. The van der Waals surface area contributed by atoms with E-state index in [1.807, 2.05) is 6.92 Å². The van der Waals surface area contributed by atoms with E-state index in [-0.39, 0.29) is 19.4 Å². The first-order chi connectivity index (χ1) is 7.99. The molecule has 94 valence electrons. The molecule has 1 unspecified atom stereocenters. The van der Waals surface area contributed by atoms with Crippen molar-refractivity contribution in [3.05, 3.63) is 28.8 Å².